The van der Waals surface area contributed by atoms with Crippen LogP contribution in [0.1, 0.15) is 35.8 Å². The average Bonchev–Trinajstić information content (AvgIpc) is 2.64. The predicted molar refractivity (Wildman–Crippen MR) is 97.6 cm³/mol. The summed E-state index contributed by atoms with van der Waals surface area (Å²) >= 11 is 0. The third kappa shape index (κ3) is 5.24. The van der Waals surface area contributed by atoms with Crippen LogP contribution in [-0.4, -0.2) is 30.7 Å². The Hall–Kier alpha value is -3.02. The highest BCUT2D eigenvalue weighted by Crippen LogP contribution is 2.19. The molecule has 0 fully saturated rings. The van der Waals surface area contributed by atoms with Crippen LogP contribution in [0.15, 0.2) is 48.5 Å². The third-order valence-corrected chi connectivity index (χ3v) is 3.67. The first-order chi connectivity index (χ1) is 12.4. The van der Waals surface area contributed by atoms with Gasteiger partial charge in [0, 0.05) is 5.56 Å². The topological polar surface area (TPSA) is 84.9 Å². The number of carbonyl (C=O) groups is 2. The van der Waals surface area contributed by atoms with E-state index in [4.69, 9.17) is 9.47 Å². The minimum absolute atomic E-state index is 0.363. The van der Waals surface area contributed by atoms with E-state index in [1.54, 1.807) is 48.5 Å². The largest absolute Gasteiger partial charge is 0.497 e. The fourth-order valence-corrected chi connectivity index (χ4v) is 2.26. The van der Waals surface area contributed by atoms with Gasteiger partial charge in [0.05, 0.1) is 13.7 Å². The van der Waals surface area contributed by atoms with Crippen LogP contribution in [0.2, 0.25) is 0 Å². The Morgan fingerprint density at radius 1 is 1.00 bits per heavy atom. The van der Waals surface area contributed by atoms with Crippen molar-refractivity contribution >= 4 is 11.9 Å². The minimum atomic E-state index is -1.15. The zero-order chi connectivity index (χ0) is 19.1. The van der Waals surface area contributed by atoms with Crippen molar-refractivity contribution < 1.29 is 24.2 Å². The highest BCUT2D eigenvalue weighted by Gasteiger charge is 2.22. The maximum atomic E-state index is 12.4. The van der Waals surface area contributed by atoms with Gasteiger partial charge in [0.15, 0.2) is 6.04 Å². The van der Waals surface area contributed by atoms with E-state index >= 15 is 0 Å². The van der Waals surface area contributed by atoms with Crippen LogP contribution in [0.4, 0.5) is 0 Å². The maximum absolute atomic E-state index is 12.4. The van der Waals surface area contributed by atoms with Gasteiger partial charge in [-0.15, -0.1) is 0 Å². The van der Waals surface area contributed by atoms with E-state index in [-0.39, 0.29) is 0 Å². The molecule has 6 heteroatoms. The first-order valence-electron chi connectivity index (χ1n) is 8.31. The molecule has 0 saturated carbocycles. The van der Waals surface area contributed by atoms with Crippen molar-refractivity contribution in [2.24, 2.45) is 5.92 Å². The summed E-state index contributed by atoms with van der Waals surface area (Å²) in [5, 5.41) is 12.0. The van der Waals surface area contributed by atoms with Gasteiger partial charge in [-0.2, -0.15) is 0 Å². The third-order valence-electron chi connectivity index (χ3n) is 3.67. The van der Waals surface area contributed by atoms with Crippen molar-refractivity contribution in [3.8, 4) is 11.5 Å². The van der Waals surface area contributed by atoms with Gasteiger partial charge in [0.25, 0.3) is 5.91 Å². The Balaban J connectivity index is 2.08. The number of aliphatic carboxylic acids is 1. The number of hydrogen-bond donors (Lipinski definition) is 2. The summed E-state index contributed by atoms with van der Waals surface area (Å²) in [5.41, 5.74) is 0.824. The number of ether oxygens (including phenoxy) is 2. The number of methoxy groups -OCH3 is 1. The van der Waals surface area contributed by atoms with Gasteiger partial charge in [-0.1, -0.05) is 26.0 Å². The number of carboxylic acids is 1. The summed E-state index contributed by atoms with van der Waals surface area (Å²) in [6.07, 6.45) is 0. The molecule has 26 heavy (non-hydrogen) atoms. The molecule has 2 N–H and O–H groups in total. The Kier molecular flexibility index (Phi) is 6.60. The number of amides is 1. The van der Waals surface area contributed by atoms with E-state index in [1.807, 2.05) is 13.8 Å². The fourth-order valence-electron chi connectivity index (χ4n) is 2.26. The van der Waals surface area contributed by atoms with Crippen molar-refractivity contribution in [3.63, 3.8) is 0 Å². The van der Waals surface area contributed by atoms with E-state index in [2.05, 4.69) is 5.32 Å². The molecule has 2 aromatic carbocycles. The predicted octanol–water partition coefficient (Wildman–Crippen LogP) is 3.29. The number of nitrogens with one attached hydrogen (secondary N) is 1. The van der Waals surface area contributed by atoms with Crippen LogP contribution < -0.4 is 14.8 Å². The number of rotatable bonds is 8. The Labute approximate surface area is 152 Å². The molecule has 0 bridgehead atoms. The second kappa shape index (κ2) is 8.89. The van der Waals surface area contributed by atoms with Crippen LogP contribution in [0.5, 0.6) is 11.5 Å². The van der Waals surface area contributed by atoms with E-state index in [0.29, 0.717) is 35.2 Å². The lowest BCUT2D eigenvalue weighted by atomic mass is 10.1. The second-order valence-electron chi connectivity index (χ2n) is 6.25. The lowest BCUT2D eigenvalue weighted by Gasteiger charge is -2.16. The van der Waals surface area contributed by atoms with Gasteiger partial charge in [-0.25, -0.2) is 4.79 Å². The van der Waals surface area contributed by atoms with E-state index in [0.717, 1.165) is 0 Å². The van der Waals surface area contributed by atoms with Gasteiger partial charge in [-0.3, -0.25) is 4.79 Å². The second-order valence-corrected chi connectivity index (χ2v) is 6.25. The maximum Gasteiger partial charge on any atom is 0.330 e. The van der Waals surface area contributed by atoms with Crippen molar-refractivity contribution in [2.45, 2.75) is 19.9 Å². The Morgan fingerprint density at radius 3 is 2.08 bits per heavy atom. The van der Waals surface area contributed by atoms with E-state index in [1.165, 1.54) is 7.11 Å². The minimum Gasteiger partial charge on any atom is -0.497 e. The summed E-state index contributed by atoms with van der Waals surface area (Å²) in [6, 6.07) is 12.0. The smallest absolute Gasteiger partial charge is 0.330 e. The molecule has 1 unspecified atom stereocenters. The van der Waals surface area contributed by atoms with Gasteiger partial charge >= 0.3 is 5.97 Å². The molecule has 138 valence electrons. The van der Waals surface area contributed by atoms with Gasteiger partial charge in [-0.05, 0) is 47.9 Å². The highest BCUT2D eigenvalue weighted by atomic mass is 16.5. The van der Waals surface area contributed by atoms with Crippen molar-refractivity contribution in [1.29, 1.82) is 0 Å². The summed E-state index contributed by atoms with van der Waals surface area (Å²) in [6.45, 7) is 4.68. The molecule has 1 atom stereocenters. The van der Waals surface area contributed by atoms with Crippen LogP contribution >= 0.6 is 0 Å². The molecular formula is C20H23NO5. The summed E-state index contributed by atoms with van der Waals surface area (Å²) in [7, 11) is 1.53. The summed E-state index contributed by atoms with van der Waals surface area (Å²) in [4.78, 5) is 24.0. The normalized spacial score (nSPS) is 11.7. The molecule has 0 saturated heterocycles. The van der Waals surface area contributed by atoms with Crippen molar-refractivity contribution in [2.75, 3.05) is 13.7 Å². The zero-order valence-corrected chi connectivity index (χ0v) is 15.1. The van der Waals surface area contributed by atoms with Gasteiger partial charge in [0.1, 0.15) is 11.5 Å². The van der Waals surface area contributed by atoms with Crippen LogP contribution in [0.25, 0.3) is 0 Å². The SMILES string of the molecule is COc1ccc(C(NC(=O)c2ccc(OCC(C)C)cc2)C(=O)O)cc1. The van der Waals surface area contributed by atoms with E-state index in [9.17, 15) is 14.7 Å². The number of carbonyl (C=O) groups excluding carboxylic acids is 1. The molecule has 0 aliphatic heterocycles. The first-order valence-corrected chi connectivity index (χ1v) is 8.31. The van der Waals surface area contributed by atoms with Gasteiger partial charge in [0.2, 0.25) is 0 Å². The highest BCUT2D eigenvalue weighted by molar-refractivity contribution is 5.96. The monoisotopic (exact) mass is 357 g/mol. The summed E-state index contributed by atoms with van der Waals surface area (Å²) in [5.74, 6) is 0.0734. The van der Waals surface area contributed by atoms with Crippen molar-refractivity contribution in [3.05, 3.63) is 59.7 Å². The molecule has 1 amide bonds. The van der Waals surface area contributed by atoms with E-state index < -0.39 is 17.9 Å². The zero-order valence-electron chi connectivity index (χ0n) is 15.1. The molecule has 2 aromatic rings. The average molecular weight is 357 g/mol. The molecule has 0 heterocycles. The van der Waals surface area contributed by atoms with Crippen LogP contribution in [-0.2, 0) is 4.79 Å². The fraction of sp³-hybridized carbons (Fsp3) is 0.300. The lowest BCUT2D eigenvalue weighted by molar-refractivity contribution is -0.139. The van der Waals surface area contributed by atoms with Crippen LogP contribution in [0.3, 0.4) is 0 Å². The molecule has 0 spiro atoms. The molecule has 0 aliphatic carbocycles. The first kappa shape index (κ1) is 19.3. The number of benzene rings is 2. The van der Waals surface area contributed by atoms with Crippen LogP contribution in [0, 0.1) is 5.92 Å². The van der Waals surface area contributed by atoms with Crippen molar-refractivity contribution in [1.82, 2.24) is 5.32 Å². The summed E-state index contributed by atoms with van der Waals surface area (Å²) < 4.78 is 10.6. The Bertz CT molecular complexity index is 738. The standard InChI is InChI=1S/C20H23NO5/c1-13(2)12-26-17-10-6-15(7-11-17)19(22)21-18(20(23)24)14-4-8-16(25-3)9-5-14/h4-11,13,18H,12H2,1-3H3,(H,21,22)(H,23,24). The molecule has 2 rings (SSSR count). The lowest BCUT2D eigenvalue weighted by Crippen LogP contribution is -2.33. The molecular weight excluding hydrogens is 334 g/mol. The quantitative estimate of drug-likeness (QED) is 0.757. The molecule has 6 nitrogen and oxygen atoms in total. The Morgan fingerprint density at radius 2 is 1.58 bits per heavy atom. The molecule has 0 radical (unpaired) electrons. The van der Waals surface area contributed by atoms with Gasteiger partial charge < -0.3 is 19.9 Å². The molecule has 0 aliphatic rings. The number of carboxylic acid groups (broad SMARTS) is 1. The number of hydrogen-bond acceptors (Lipinski definition) is 4. The molecule has 0 aromatic heterocycles.